The summed E-state index contributed by atoms with van der Waals surface area (Å²) in [6.07, 6.45) is 0.179. The quantitative estimate of drug-likeness (QED) is 0.292. The van der Waals surface area contributed by atoms with Gasteiger partial charge in [0.25, 0.3) is 0 Å². The summed E-state index contributed by atoms with van der Waals surface area (Å²) in [5.41, 5.74) is 7.27. The average molecular weight is 515 g/mol. The van der Waals surface area contributed by atoms with E-state index in [0.717, 1.165) is 6.07 Å². The number of hydrogen-bond donors (Lipinski definition) is 3. The summed E-state index contributed by atoms with van der Waals surface area (Å²) < 4.78 is 34.1. The van der Waals surface area contributed by atoms with E-state index in [2.05, 4.69) is 5.32 Å². The number of rotatable bonds is 7. The van der Waals surface area contributed by atoms with Crippen LogP contribution in [0.25, 0.3) is 0 Å². The van der Waals surface area contributed by atoms with Gasteiger partial charge in [-0.1, -0.05) is 60.7 Å². The Morgan fingerprint density at radius 1 is 0.974 bits per heavy atom. The molecule has 8 heteroatoms. The largest absolute Gasteiger partial charge is 0.497 e. The van der Waals surface area contributed by atoms with Crippen LogP contribution in [0.2, 0.25) is 0 Å². The summed E-state index contributed by atoms with van der Waals surface area (Å²) in [7, 11) is 1.52. The van der Waals surface area contributed by atoms with Crippen LogP contribution in [0.3, 0.4) is 0 Å². The van der Waals surface area contributed by atoms with E-state index >= 15 is 0 Å². The number of benzene rings is 4. The second-order valence-electron chi connectivity index (χ2n) is 9.13. The third kappa shape index (κ3) is 3.94. The molecule has 0 radical (unpaired) electrons. The van der Waals surface area contributed by atoms with Crippen molar-refractivity contribution in [1.29, 1.82) is 0 Å². The molecule has 1 aliphatic heterocycles. The fraction of sp³-hybridized carbons (Fsp3) is 0.133. The van der Waals surface area contributed by atoms with Gasteiger partial charge in [0.15, 0.2) is 11.6 Å². The lowest BCUT2D eigenvalue weighted by Crippen LogP contribution is -2.37. The van der Waals surface area contributed by atoms with E-state index in [-0.39, 0.29) is 17.7 Å². The molecular formula is C30H24F2N2O4. The van der Waals surface area contributed by atoms with Crippen LogP contribution < -0.4 is 15.8 Å². The number of methoxy groups -OCH3 is 1. The van der Waals surface area contributed by atoms with Gasteiger partial charge in [-0.15, -0.1) is 0 Å². The maximum absolute atomic E-state index is 14.8. The van der Waals surface area contributed by atoms with Crippen molar-refractivity contribution in [2.24, 2.45) is 0 Å². The number of halogens is 2. The normalized spacial score (nSPS) is 17.0. The molecule has 0 spiro atoms. The molecule has 0 fully saturated rings. The summed E-state index contributed by atoms with van der Waals surface area (Å²) in [6.45, 7) is 0. The Bertz CT molecular complexity index is 1540. The Kier molecular flexibility index (Phi) is 6.32. The minimum atomic E-state index is -1.50. The second-order valence-corrected chi connectivity index (χ2v) is 9.13. The first-order chi connectivity index (χ1) is 18.3. The number of carbonyl (C=O) groups excluding carboxylic acids is 1. The first-order valence-corrected chi connectivity index (χ1v) is 11.9. The van der Waals surface area contributed by atoms with E-state index in [1.165, 1.54) is 13.2 Å². The average Bonchev–Trinajstić information content (AvgIpc) is 3.23. The summed E-state index contributed by atoms with van der Waals surface area (Å²) in [6, 6.07) is 22.8. The van der Waals surface area contributed by atoms with Gasteiger partial charge >= 0.3 is 5.97 Å². The SMILES string of the molecule is COc1ccc(C2(c3ccc([C@H](Cc4ccccc4N)C(=O)O)cc3)C(=O)Nc3c2ccc(F)c3F)cc1. The molecule has 38 heavy (non-hydrogen) atoms. The molecule has 6 nitrogen and oxygen atoms in total. The molecule has 4 N–H and O–H groups in total. The van der Waals surface area contributed by atoms with Crippen molar-refractivity contribution in [2.75, 3.05) is 18.2 Å². The molecule has 192 valence electrons. The summed E-state index contributed by atoms with van der Waals surface area (Å²) >= 11 is 0. The number of nitrogens with two attached hydrogens (primary N) is 1. The summed E-state index contributed by atoms with van der Waals surface area (Å²) in [5, 5.41) is 12.5. The zero-order valence-electron chi connectivity index (χ0n) is 20.4. The summed E-state index contributed by atoms with van der Waals surface area (Å²) in [4.78, 5) is 25.8. The lowest BCUT2D eigenvalue weighted by Gasteiger charge is -2.29. The predicted molar refractivity (Wildman–Crippen MR) is 139 cm³/mol. The number of hydrogen-bond acceptors (Lipinski definition) is 4. The van der Waals surface area contributed by atoms with E-state index in [4.69, 9.17) is 10.5 Å². The smallest absolute Gasteiger partial charge is 0.311 e. The van der Waals surface area contributed by atoms with Gasteiger partial charge in [0.1, 0.15) is 11.2 Å². The standard InChI is InChI=1S/C30H24F2N2O4/c1-38-21-12-10-20(11-13-21)30(23-14-15-24(31)26(32)27(23)34-29(30)37)19-8-6-17(7-9-19)22(28(35)36)16-18-4-2-3-5-25(18)33/h2-15,22H,16,33H2,1H3,(H,34,37)(H,35,36)/t22-,30?/m0/s1. The molecule has 0 saturated carbocycles. The van der Waals surface area contributed by atoms with Gasteiger partial charge < -0.3 is 20.9 Å². The van der Waals surface area contributed by atoms with Crippen molar-refractivity contribution in [3.05, 3.63) is 124 Å². The van der Waals surface area contributed by atoms with Crippen LogP contribution in [-0.2, 0) is 21.4 Å². The lowest BCUT2D eigenvalue weighted by atomic mass is 9.70. The Morgan fingerprint density at radius 2 is 1.61 bits per heavy atom. The Balaban J connectivity index is 1.64. The van der Waals surface area contributed by atoms with E-state index in [1.54, 1.807) is 72.8 Å². The number of carboxylic acid groups (broad SMARTS) is 1. The monoisotopic (exact) mass is 514 g/mol. The highest BCUT2D eigenvalue weighted by atomic mass is 19.2. The number of para-hydroxylation sites is 1. The number of anilines is 2. The molecule has 0 bridgehead atoms. The maximum Gasteiger partial charge on any atom is 0.311 e. The maximum atomic E-state index is 14.8. The van der Waals surface area contributed by atoms with Crippen molar-refractivity contribution in [2.45, 2.75) is 17.8 Å². The van der Waals surface area contributed by atoms with Gasteiger partial charge in [0.05, 0.1) is 18.7 Å². The molecule has 1 unspecified atom stereocenters. The number of amides is 1. The number of nitrogens with one attached hydrogen (secondary N) is 1. The first-order valence-electron chi connectivity index (χ1n) is 11.9. The predicted octanol–water partition coefficient (Wildman–Crippen LogP) is 5.25. The summed E-state index contributed by atoms with van der Waals surface area (Å²) in [5.74, 6) is -4.12. The third-order valence-corrected chi connectivity index (χ3v) is 7.12. The molecular weight excluding hydrogens is 490 g/mol. The van der Waals surface area contributed by atoms with Crippen molar-refractivity contribution < 1.29 is 28.2 Å². The topological polar surface area (TPSA) is 102 Å². The number of carboxylic acids is 1. The molecule has 0 saturated heterocycles. The van der Waals surface area contributed by atoms with E-state index in [0.29, 0.717) is 33.7 Å². The van der Waals surface area contributed by atoms with Gasteiger partial charge in [-0.2, -0.15) is 0 Å². The zero-order chi connectivity index (χ0) is 27.0. The molecule has 2 atom stereocenters. The first kappa shape index (κ1) is 25.0. The Labute approximate surface area is 217 Å². The van der Waals surface area contributed by atoms with Crippen LogP contribution in [0.15, 0.2) is 84.9 Å². The molecule has 1 amide bonds. The molecule has 5 rings (SSSR count). The number of ether oxygens (including phenoxy) is 1. The highest BCUT2D eigenvalue weighted by Gasteiger charge is 2.51. The fourth-order valence-electron chi connectivity index (χ4n) is 5.15. The number of nitrogen functional groups attached to an aromatic ring is 1. The van der Waals surface area contributed by atoms with Crippen molar-refractivity contribution in [3.8, 4) is 5.75 Å². The van der Waals surface area contributed by atoms with Gasteiger partial charge in [0.2, 0.25) is 5.91 Å². The second kappa shape index (κ2) is 9.63. The van der Waals surface area contributed by atoms with Crippen LogP contribution in [0.5, 0.6) is 5.75 Å². The highest BCUT2D eigenvalue weighted by molar-refractivity contribution is 6.11. The number of fused-ring (bicyclic) bond motifs is 1. The van der Waals surface area contributed by atoms with Crippen molar-refractivity contribution in [1.82, 2.24) is 0 Å². The molecule has 1 heterocycles. The third-order valence-electron chi connectivity index (χ3n) is 7.12. The molecule has 4 aromatic rings. The molecule has 0 aromatic heterocycles. The van der Waals surface area contributed by atoms with Crippen LogP contribution >= 0.6 is 0 Å². The lowest BCUT2D eigenvalue weighted by molar-refractivity contribution is -0.138. The molecule has 1 aliphatic rings. The van der Waals surface area contributed by atoms with Crippen LogP contribution in [0, 0.1) is 11.6 Å². The van der Waals surface area contributed by atoms with E-state index < -0.39 is 34.8 Å². The minimum Gasteiger partial charge on any atom is -0.497 e. The molecule has 4 aromatic carbocycles. The van der Waals surface area contributed by atoms with Gasteiger partial charge in [-0.05, 0) is 52.9 Å². The van der Waals surface area contributed by atoms with Crippen LogP contribution in [0.4, 0.5) is 20.2 Å². The van der Waals surface area contributed by atoms with Crippen LogP contribution in [-0.4, -0.2) is 24.1 Å². The number of aliphatic carboxylic acids is 1. The van der Waals surface area contributed by atoms with E-state index in [1.807, 2.05) is 0 Å². The van der Waals surface area contributed by atoms with Crippen molar-refractivity contribution >= 4 is 23.3 Å². The van der Waals surface area contributed by atoms with Crippen molar-refractivity contribution in [3.63, 3.8) is 0 Å². The van der Waals surface area contributed by atoms with Gasteiger partial charge in [-0.3, -0.25) is 9.59 Å². The van der Waals surface area contributed by atoms with E-state index in [9.17, 15) is 23.5 Å². The Morgan fingerprint density at radius 3 is 2.21 bits per heavy atom. The fourth-order valence-corrected chi connectivity index (χ4v) is 5.15. The van der Waals surface area contributed by atoms with Gasteiger partial charge in [-0.25, -0.2) is 8.78 Å². The number of carbonyl (C=O) groups is 2. The van der Waals surface area contributed by atoms with Crippen LogP contribution in [0.1, 0.15) is 33.7 Å². The highest BCUT2D eigenvalue weighted by Crippen LogP contribution is 2.49. The molecule has 0 aliphatic carbocycles. The zero-order valence-corrected chi connectivity index (χ0v) is 20.4. The van der Waals surface area contributed by atoms with Gasteiger partial charge in [0, 0.05) is 11.3 Å². The minimum absolute atomic E-state index is 0.179. The Hall–Kier alpha value is -4.72.